The Bertz CT molecular complexity index is 1560. The average molecular weight is 514 g/mol. The van der Waals surface area contributed by atoms with Crippen molar-refractivity contribution in [2.45, 2.75) is 49.9 Å². The van der Waals surface area contributed by atoms with Crippen LogP contribution >= 0.6 is 0 Å². The average Bonchev–Trinajstić information content (AvgIpc) is 3.61. The molecule has 8 nitrogen and oxygen atoms in total. The van der Waals surface area contributed by atoms with Gasteiger partial charge in [0.2, 0.25) is 0 Å². The van der Waals surface area contributed by atoms with Gasteiger partial charge in [-0.3, -0.25) is 9.48 Å². The Morgan fingerprint density at radius 3 is 2.62 bits per heavy atom. The third-order valence-corrected chi connectivity index (χ3v) is 6.93. The van der Waals surface area contributed by atoms with E-state index >= 15 is 4.39 Å². The molecule has 0 radical (unpaired) electrons. The van der Waals surface area contributed by atoms with E-state index in [1.165, 1.54) is 13.2 Å². The second-order valence-electron chi connectivity index (χ2n) is 9.52. The summed E-state index contributed by atoms with van der Waals surface area (Å²) in [7, 11) is 1.46. The fourth-order valence-corrected chi connectivity index (χ4v) is 4.71. The van der Waals surface area contributed by atoms with E-state index in [9.17, 15) is 18.0 Å². The normalized spacial score (nSPS) is 20.5. The van der Waals surface area contributed by atoms with Crippen molar-refractivity contribution in [3.63, 3.8) is 0 Å². The highest BCUT2D eigenvalue weighted by Gasteiger charge is 2.33. The molecule has 37 heavy (non-hydrogen) atoms. The highest BCUT2D eigenvalue weighted by atomic mass is 19.4. The van der Waals surface area contributed by atoms with Crippen molar-refractivity contribution in [1.29, 1.82) is 0 Å². The number of alkyl halides is 3. The van der Waals surface area contributed by atoms with E-state index in [2.05, 4.69) is 20.2 Å². The first kappa shape index (κ1) is 23.7. The number of halogens is 4. The lowest BCUT2D eigenvalue weighted by molar-refractivity contribution is -0.137. The molecule has 3 aromatic heterocycles. The first-order valence-corrected chi connectivity index (χ1v) is 12.0. The quantitative estimate of drug-likeness (QED) is 0.367. The van der Waals surface area contributed by atoms with Gasteiger partial charge in [0.1, 0.15) is 17.2 Å². The predicted molar refractivity (Wildman–Crippen MR) is 124 cm³/mol. The van der Waals surface area contributed by atoms with E-state index in [-0.39, 0.29) is 34.2 Å². The smallest absolute Gasteiger partial charge is 0.373 e. The van der Waals surface area contributed by atoms with Crippen LogP contribution in [0.15, 0.2) is 41.6 Å². The Labute approximate surface area is 207 Å². The van der Waals surface area contributed by atoms with Crippen LogP contribution in [0.25, 0.3) is 22.2 Å². The summed E-state index contributed by atoms with van der Waals surface area (Å²) in [6.45, 7) is 0.420. The summed E-state index contributed by atoms with van der Waals surface area (Å²) in [6, 6.07) is 2.69. The molecule has 0 spiro atoms. The summed E-state index contributed by atoms with van der Waals surface area (Å²) in [4.78, 5) is 22.0. The predicted octanol–water partition coefficient (Wildman–Crippen LogP) is 4.72. The van der Waals surface area contributed by atoms with Gasteiger partial charge in [0.25, 0.3) is 5.56 Å². The Hall–Kier alpha value is -3.67. The Morgan fingerprint density at radius 2 is 1.89 bits per heavy atom. The minimum absolute atomic E-state index is 0.0287. The molecule has 4 heterocycles. The molecule has 2 fully saturated rings. The Balaban J connectivity index is 1.43. The lowest BCUT2D eigenvalue weighted by Crippen LogP contribution is -2.24. The van der Waals surface area contributed by atoms with E-state index < -0.39 is 23.1 Å². The molecule has 1 aliphatic heterocycles. The SMILES string of the molecule is Cn1ncc2c(-c3ccc(C(F)(F)F)cc3F)nc([C@@H]3CCO[C@H](c4cnn(C5CC5)c4)C3)nc2c1=O. The van der Waals surface area contributed by atoms with Crippen LogP contribution in [0, 0.1) is 5.82 Å². The van der Waals surface area contributed by atoms with Crippen molar-refractivity contribution in [1.82, 2.24) is 29.5 Å². The van der Waals surface area contributed by atoms with Gasteiger partial charge in [-0.2, -0.15) is 23.4 Å². The molecule has 0 bridgehead atoms. The number of aryl methyl sites for hydroxylation is 1. The first-order chi connectivity index (χ1) is 17.7. The summed E-state index contributed by atoms with van der Waals surface area (Å²) in [5.41, 5.74) is -0.788. The molecule has 1 saturated heterocycles. The highest BCUT2D eigenvalue weighted by molar-refractivity contribution is 5.91. The second-order valence-corrected chi connectivity index (χ2v) is 9.52. The minimum Gasteiger partial charge on any atom is -0.373 e. The lowest BCUT2D eigenvalue weighted by atomic mass is 9.92. The number of nitrogens with zero attached hydrogens (tertiary/aromatic N) is 6. The number of hydrogen-bond acceptors (Lipinski definition) is 6. The zero-order valence-corrected chi connectivity index (χ0v) is 19.7. The molecule has 6 rings (SSSR count). The van der Waals surface area contributed by atoms with Crippen LogP contribution in [0.5, 0.6) is 0 Å². The fraction of sp³-hybridized carbons (Fsp3) is 0.400. The minimum atomic E-state index is -4.69. The van der Waals surface area contributed by atoms with Crippen LogP contribution in [0.3, 0.4) is 0 Å². The van der Waals surface area contributed by atoms with Crippen LogP contribution in [-0.2, 0) is 18.0 Å². The van der Waals surface area contributed by atoms with E-state index in [1.807, 2.05) is 10.9 Å². The number of ether oxygens (including phenoxy) is 1. The van der Waals surface area contributed by atoms with Gasteiger partial charge in [0, 0.05) is 36.9 Å². The maximum Gasteiger partial charge on any atom is 0.416 e. The number of rotatable bonds is 4. The zero-order valence-electron chi connectivity index (χ0n) is 19.7. The van der Waals surface area contributed by atoms with Crippen molar-refractivity contribution >= 4 is 10.9 Å². The van der Waals surface area contributed by atoms with Crippen LogP contribution in [0.2, 0.25) is 0 Å². The summed E-state index contributed by atoms with van der Waals surface area (Å²) in [5, 5.41) is 8.59. The van der Waals surface area contributed by atoms with Gasteiger partial charge in [-0.05, 0) is 43.9 Å². The molecule has 192 valence electrons. The Kier molecular flexibility index (Phi) is 5.59. The van der Waals surface area contributed by atoms with Gasteiger partial charge in [0.15, 0.2) is 0 Å². The van der Waals surface area contributed by atoms with Crippen molar-refractivity contribution < 1.29 is 22.3 Å². The van der Waals surface area contributed by atoms with Crippen molar-refractivity contribution in [3.8, 4) is 11.3 Å². The molecule has 2 aliphatic rings. The third kappa shape index (κ3) is 4.39. The molecule has 12 heteroatoms. The van der Waals surface area contributed by atoms with E-state index in [0.29, 0.717) is 37.4 Å². The molecule has 1 aromatic carbocycles. The molecule has 0 N–H and O–H groups in total. The number of aromatic nitrogens is 6. The van der Waals surface area contributed by atoms with Gasteiger partial charge in [0.05, 0.1) is 41.2 Å². The van der Waals surface area contributed by atoms with Crippen LogP contribution in [-0.4, -0.2) is 36.1 Å². The molecular weight excluding hydrogens is 492 g/mol. The van der Waals surface area contributed by atoms with Crippen molar-refractivity contribution in [3.05, 3.63) is 69.9 Å². The summed E-state index contributed by atoms with van der Waals surface area (Å²) >= 11 is 0. The number of benzene rings is 1. The molecule has 4 aromatic rings. The topological polar surface area (TPSA) is 87.7 Å². The van der Waals surface area contributed by atoms with Crippen LogP contribution in [0.4, 0.5) is 17.6 Å². The van der Waals surface area contributed by atoms with Gasteiger partial charge >= 0.3 is 6.18 Å². The largest absolute Gasteiger partial charge is 0.416 e. The van der Waals surface area contributed by atoms with E-state index in [4.69, 9.17) is 4.74 Å². The molecule has 0 amide bonds. The standard InChI is InChI=1S/C25H22F4N6O2/c1-34-24(36)22-18(11-30-34)21(17-5-2-15(9-19(17)26)25(27,28)29)32-23(33-22)13-6-7-37-20(8-13)14-10-31-35(12-14)16-3-4-16/h2,5,9-13,16,20H,3-4,6-8H2,1H3/t13-,20+/m1/s1. The Morgan fingerprint density at radius 1 is 1.08 bits per heavy atom. The van der Waals surface area contributed by atoms with E-state index in [1.54, 1.807) is 6.20 Å². The lowest BCUT2D eigenvalue weighted by Gasteiger charge is -2.28. The monoisotopic (exact) mass is 514 g/mol. The molecule has 0 unspecified atom stereocenters. The summed E-state index contributed by atoms with van der Waals surface area (Å²) in [5.74, 6) is -1.01. The maximum atomic E-state index is 15.0. The molecule has 1 aliphatic carbocycles. The van der Waals surface area contributed by atoms with Gasteiger partial charge in [-0.15, -0.1) is 0 Å². The van der Waals surface area contributed by atoms with Crippen molar-refractivity contribution in [2.24, 2.45) is 7.05 Å². The second kappa shape index (κ2) is 8.72. The first-order valence-electron chi connectivity index (χ1n) is 12.0. The number of hydrogen-bond donors (Lipinski definition) is 0. The van der Waals surface area contributed by atoms with Crippen LogP contribution in [0.1, 0.15) is 60.7 Å². The maximum absolute atomic E-state index is 15.0. The number of fused-ring (bicyclic) bond motifs is 1. The molecule has 2 atom stereocenters. The third-order valence-electron chi connectivity index (χ3n) is 6.93. The fourth-order valence-electron chi connectivity index (χ4n) is 4.71. The summed E-state index contributed by atoms with van der Waals surface area (Å²) in [6.07, 6.45) is 3.44. The van der Waals surface area contributed by atoms with Gasteiger partial charge in [-0.25, -0.2) is 19.0 Å². The van der Waals surface area contributed by atoms with E-state index in [0.717, 1.165) is 35.2 Å². The van der Waals surface area contributed by atoms with Gasteiger partial charge in [-0.1, -0.05) is 0 Å². The molecule has 1 saturated carbocycles. The van der Waals surface area contributed by atoms with Gasteiger partial charge < -0.3 is 4.74 Å². The van der Waals surface area contributed by atoms with Crippen LogP contribution < -0.4 is 5.56 Å². The zero-order chi connectivity index (χ0) is 25.9. The van der Waals surface area contributed by atoms with Crippen molar-refractivity contribution in [2.75, 3.05) is 6.61 Å². The highest BCUT2D eigenvalue weighted by Crippen LogP contribution is 2.40. The summed E-state index contributed by atoms with van der Waals surface area (Å²) < 4.78 is 63.4. The molecular formula is C25H22F4N6O2.